The first-order valence-corrected chi connectivity index (χ1v) is 8.11. The van der Waals surface area contributed by atoms with Crippen molar-refractivity contribution in [3.05, 3.63) is 35.9 Å². The predicted molar refractivity (Wildman–Crippen MR) is 87.9 cm³/mol. The SMILES string of the molecule is C[C@H](COCc1ccccc1)NC(=O)N[C@@H]1CCCCNC1=O. The van der Waals surface area contributed by atoms with Gasteiger partial charge in [0, 0.05) is 6.54 Å². The Morgan fingerprint density at radius 3 is 2.91 bits per heavy atom. The molecule has 0 aromatic heterocycles. The fourth-order valence-electron chi connectivity index (χ4n) is 2.47. The quantitative estimate of drug-likeness (QED) is 0.744. The lowest BCUT2D eigenvalue weighted by atomic mass is 10.1. The molecule has 1 heterocycles. The van der Waals surface area contributed by atoms with E-state index in [2.05, 4.69) is 16.0 Å². The Morgan fingerprint density at radius 2 is 2.13 bits per heavy atom. The van der Waals surface area contributed by atoms with E-state index in [4.69, 9.17) is 4.74 Å². The number of hydrogen-bond acceptors (Lipinski definition) is 3. The Hall–Kier alpha value is -2.08. The Balaban J connectivity index is 1.66. The monoisotopic (exact) mass is 319 g/mol. The van der Waals surface area contributed by atoms with Gasteiger partial charge in [-0.2, -0.15) is 0 Å². The van der Waals surface area contributed by atoms with E-state index in [0.29, 0.717) is 26.2 Å². The van der Waals surface area contributed by atoms with Crippen molar-refractivity contribution in [1.29, 1.82) is 0 Å². The third kappa shape index (κ3) is 6.28. The lowest BCUT2D eigenvalue weighted by molar-refractivity contribution is -0.122. The number of urea groups is 1. The van der Waals surface area contributed by atoms with Gasteiger partial charge in [0.15, 0.2) is 0 Å². The molecule has 0 unspecified atom stereocenters. The summed E-state index contributed by atoms with van der Waals surface area (Å²) in [5, 5.41) is 8.33. The molecule has 1 aliphatic heterocycles. The molecule has 6 heteroatoms. The van der Waals surface area contributed by atoms with Gasteiger partial charge >= 0.3 is 6.03 Å². The number of nitrogens with one attached hydrogen (secondary N) is 3. The standard InChI is InChI=1S/C17H25N3O3/c1-13(11-23-12-14-7-3-2-4-8-14)19-17(22)20-15-9-5-6-10-18-16(15)21/h2-4,7-8,13,15H,5-6,9-12H2,1H3,(H,18,21)(H2,19,20,22)/t13-,15-/m1/s1. The van der Waals surface area contributed by atoms with Crippen LogP contribution in [0.15, 0.2) is 30.3 Å². The van der Waals surface area contributed by atoms with E-state index in [1.54, 1.807) is 0 Å². The highest BCUT2D eigenvalue weighted by Gasteiger charge is 2.22. The van der Waals surface area contributed by atoms with Gasteiger partial charge in [0.2, 0.25) is 5.91 Å². The van der Waals surface area contributed by atoms with Crippen LogP contribution < -0.4 is 16.0 Å². The highest BCUT2D eigenvalue weighted by molar-refractivity contribution is 5.87. The molecule has 1 saturated heterocycles. The maximum absolute atomic E-state index is 12.0. The maximum atomic E-state index is 12.0. The minimum atomic E-state index is -0.449. The molecule has 6 nitrogen and oxygen atoms in total. The Labute approximate surface area is 137 Å². The molecule has 0 bridgehead atoms. The van der Waals surface area contributed by atoms with Crippen LogP contribution in [0.1, 0.15) is 31.7 Å². The summed E-state index contributed by atoms with van der Waals surface area (Å²) in [4.78, 5) is 23.7. The summed E-state index contributed by atoms with van der Waals surface area (Å²) in [6.45, 7) is 3.48. The van der Waals surface area contributed by atoms with Crippen LogP contribution in [0.3, 0.4) is 0 Å². The van der Waals surface area contributed by atoms with Crippen LogP contribution >= 0.6 is 0 Å². The highest BCUT2D eigenvalue weighted by atomic mass is 16.5. The van der Waals surface area contributed by atoms with Gasteiger partial charge < -0.3 is 20.7 Å². The van der Waals surface area contributed by atoms with E-state index in [-0.39, 0.29) is 18.0 Å². The zero-order valence-corrected chi connectivity index (χ0v) is 13.5. The second kappa shape index (κ2) is 9.15. The fraction of sp³-hybridized carbons (Fsp3) is 0.529. The van der Waals surface area contributed by atoms with Gasteiger partial charge in [0.05, 0.1) is 19.3 Å². The van der Waals surface area contributed by atoms with E-state index < -0.39 is 6.04 Å². The molecule has 0 spiro atoms. The van der Waals surface area contributed by atoms with Crippen LogP contribution in [0, 0.1) is 0 Å². The van der Waals surface area contributed by atoms with Crippen LogP contribution in [-0.2, 0) is 16.1 Å². The van der Waals surface area contributed by atoms with Crippen molar-refractivity contribution in [2.75, 3.05) is 13.2 Å². The number of ether oxygens (including phenoxy) is 1. The van der Waals surface area contributed by atoms with Gasteiger partial charge in [-0.1, -0.05) is 30.3 Å². The summed E-state index contributed by atoms with van der Waals surface area (Å²) in [6, 6.07) is 8.97. The molecule has 3 N–H and O–H groups in total. The third-order valence-electron chi connectivity index (χ3n) is 3.70. The van der Waals surface area contributed by atoms with Crippen LogP contribution in [0.4, 0.5) is 4.79 Å². The summed E-state index contributed by atoms with van der Waals surface area (Å²) < 4.78 is 5.59. The molecule has 3 amide bonds. The zero-order valence-electron chi connectivity index (χ0n) is 13.5. The predicted octanol–water partition coefficient (Wildman–Crippen LogP) is 1.56. The molecule has 1 aromatic carbocycles. The van der Waals surface area contributed by atoms with Gasteiger partial charge in [-0.25, -0.2) is 4.79 Å². The molecule has 1 aromatic rings. The molecular weight excluding hydrogens is 294 g/mol. The van der Waals surface area contributed by atoms with E-state index in [1.807, 2.05) is 37.3 Å². The number of amides is 3. The van der Waals surface area contributed by atoms with Crippen LogP contribution in [0.5, 0.6) is 0 Å². The summed E-state index contributed by atoms with van der Waals surface area (Å²) in [5.41, 5.74) is 1.10. The number of hydrogen-bond donors (Lipinski definition) is 3. The van der Waals surface area contributed by atoms with Gasteiger partial charge in [0.1, 0.15) is 6.04 Å². The van der Waals surface area contributed by atoms with Crippen molar-refractivity contribution in [2.24, 2.45) is 0 Å². The average molecular weight is 319 g/mol. The molecule has 0 aliphatic carbocycles. The van der Waals surface area contributed by atoms with Crippen LogP contribution in [0.25, 0.3) is 0 Å². The Kier molecular flexibility index (Phi) is 6.87. The molecule has 0 saturated carbocycles. The second-order valence-electron chi connectivity index (χ2n) is 5.86. The van der Waals surface area contributed by atoms with E-state index in [0.717, 1.165) is 18.4 Å². The molecule has 1 aliphatic rings. The Morgan fingerprint density at radius 1 is 1.35 bits per heavy atom. The minimum absolute atomic E-state index is 0.106. The number of benzene rings is 1. The van der Waals surface area contributed by atoms with E-state index >= 15 is 0 Å². The molecular formula is C17H25N3O3. The van der Waals surface area contributed by atoms with Crippen molar-refractivity contribution in [1.82, 2.24) is 16.0 Å². The van der Waals surface area contributed by atoms with Crippen molar-refractivity contribution in [3.63, 3.8) is 0 Å². The molecule has 2 rings (SSSR count). The lowest BCUT2D eigenvalue weighted by Crippen LogP contribution is -2.51. The van der Waals surface area contributed by atoms with E-state index in [9.17, 15) is 9.59 Å². The summed E-state index contributed by atoms with van der Waals surface area (Å²) in [6.07, 6.45) is 2.56. The van der Waals surface area contributed by atoms with Crippen LogP contribution in [0.2, 0.25) is 0 Å². The van der Waals surface area contributed by atoms with Gasteiger partial charge in [-0.15, -0.1) is 0 Å². The largest absolute Gasteiger partial charge is 0.375 e. The maximum Gasteiger partial charge on any atom is 0.315 e. The number of rotatable bonds is 6. The first-order chi connectivity index (χ1) is 11.1. The molecule has 1 fully saturated rings. The summed E-state index contributed by atoms with van der Waals surface area (Å²) >= 11 is 0. The van der Waals surface area contributed by atoms with Crippen molar-refractivity contribution in [2.45, 2.75) is 44.9 Å². The normalized spacial score (nSPS) is 19.3. The molecule has 2 atom stereocenters. The van der Waals surface area contributed by atoms with Crippen molar-refractivity contribution in [3.8, 4) is 0 Å². The molecule has 126 valence electrons. The zero-order chi connectivity index (χ0) is 16.5. The smallest absolute Gasteiger partial charge is 0.315 e. The highest BCUT2D eigenvalue weighted by Crippen LogP contribution is 2.05. The lowest BCUT2D eigenvalue weighted by Gasteiger charge is -2.19. The first-order valence-electron chi connectivity index (χ1n) is 8.11. The fourth-order valence-corrected chi connectivity index (χ4v) is 2.47. The Bertz CT molecular complexity index is 507. The summed E-state index contributed by atoms with van der Waals surface area (Å²) in [7, 11) is 0. The van der Waals surface area contributed by atoms with Crippen molar-refractivity contribution >= 4 is 11.9 Å². The van der Waals surface area contributed by atoms with Crippen molar-refractivity contribution < 1.29 is 14.3 Å². The minimum Gasteiger partial charge on any atom is -0.375 e. The topological polar surface area (TPSA) is 79.5 Å². The third-order valence-corrected chi connectivity index (χ3v) is 3.70. The van der Waals surface area contributed by atoms with E-state index in [1.165, 1.54) is 0 Å². The van der Waals surface area contributed by atoms with Crippen LogP contribution in [-0.4, -0.2) is 37.2 Å². The summed E-state index contributed by atoms with van der Waals surface area (Å²) in [5.74, 6) is -0.106. The van der Waals surface area contributed by atoms with Gasteiger partial charge in [0.25, 0.3) is 0 Å². The number of carbonyl (C=O) groups is 2. The molecule has 0 radical (unpaired) electrons. The number of carbonyl (C=O) groups excluding carboxylic acids is 2. The average Bonchev–Trinajstić information content (AvgIpc) is 2.73. The molecule has 23 heavy (non-hydrogen) atoms. The van der Waals surface area contributed by atoms with Gasteiger partial charge in [-0.05, 0) is 31.7 Å². The van der Waals surface area contributed by atoms with Gasteiger partial charge in [-0.3, -0.25) is 4.79 Å². The second-order valence-corrected chi connectivity index (χ2v) is 5.86. The first kappa shape index (κ1) is 17.3.